The van der Waals surface area contributed by atoms with Crippen LogP contribution < -0.4 is 5.11 Å². The molecule has 0 N–H and O–H groups in total. The molecule has 0 amide bonds. The first-order chi connectivity index (χ1) is 17.9. The lowest BCUT2D eigenvalue weighted by Gasteiger charge is -2.30. The first kappa shape index (κ1) is 32.7. The zero-order valence-corrected chi connectivity index (χ0v) is 24.0. The van der Waals surface area contributed by atoms with E-state index in [0.717, 1.165) is 16.6 Å². The zero-order chi connectivity index (χ0) is 27.0. The van der Waals surface area contributed by atoms with Crippen LogP contribution in [0.15, 0.2) is 60.7 Å². The third-order valence-electron chi connectivity index (χ3n) is 6.77. The van der Waals surface area contributed by atoms with Crippen LogP contribution in [0.5, 0.6) is 0 Å². The van der Waals surface area contributed by atoms with Gasteiger partial charge in [-0.1, -0.05) is 145 Å². The smallest absolute Gasteiger partial charge is 0.252 e. The van der Waals surface area contributed by atoms with Gasteiger partial charge in [0.25, 0.3) is 6.16 Å². The Balaban J connectivity index is 0.000000516. The summed E-state index contributed by atoms with van der Waals surface area (Å²) >= 11 is 0. The van der Waals surface area contributed by atoms with Crippen molar-refractivity contribution >= 4 is 6.16 Å². The summed E-state index contributed by atoms with van der Waals surface area (Å²) in [6.45, 7) is 4.81. The van der Waals surface area contributed by atoms with Crippen LogP contribution in [0.2, 0.25) is 0 Å². The Labute approximate surface area is 227 Å². The molecule has 2 rings (SSSR count). The van der Waals surface area contributed by atoms with E-state index < -0.39 is 6.16 Å². The summed E-state index contributed by atoms with van der Waals surface area (Å²) in [6, 6.07) is 20.0. The first-order valence-corrected chi connectivity index (χ1v) is 14.7. The molecule has 0 heterocycles. The van der Waals surface area contributed by atoms with E-state index in [2.05, 4.69) is 56.1 Å². The average molecular weight is 512 g/mol. The first-order valence-electron chi connectivity index (χ1n) is 14.7. The Kier molecular flexibility index (Phi) is 19.2. The third kappa shape index (κ3) is 20.4. The number of hydrogen-bond donors (Lipinski definition) is 0. The molecule has 0 aromatic heterocycles. The molecule has 0 aliphatic rings. The Morgan fingerprint density at radius 2 is 1.05 bits per heavy atom. The molecule has 0 aliphatic carbocycles. The number of ether oxygens (including phenoxy) is 1. The average Bonchev–Trinajstić information content (AvgIpc) is 2.89. The van der Waals surface area contributed by atoms with Crippen LogP contribution in [0.1, 0.15) is 108 Å². The monoisotopic (exact) mass is 511 g/mol. The number of benzene rings is 2. The van der Waals surface area contributed by atoms with Gasteiger partial charge in [-0.25, -0.2) is 0 Å². The van der Waals surface area contributed by atoms with Crippen molar-refractivity contribution in [2.45, 2.75) is 110 Å². The number of carbonyl (C=O) groups excluding carboxylic acids is 1. The number of nitrogens with zero attached hydrogens (tertiary/aromatic N) is 1. The molecule has 0 fully saturated rings. The summed E-state index contributed by atoms with van der Waals surface area (Å²) in [5, 5.41) is 9.84. The second kappa shape index (κ2) is 21.7. The molecule has 0 aliphatic heterocycles. The van der Waals surface area contributed by atoms with Crippen molar-refractivity contribution in [1.29, 1.82) is 0 Å². The highest BCUT2D eigenvalue weighted by Crippen LogP contribution is 2.15. The normalized spacial score (nSPS) is 11.0. The Bertz CT molecular complexity index is 777. The fraction of sp³-hybridized carbons (Fsp3) is 0.606. The van der Waals surface area contributed by atoms with Gasteiger partial charge in [0, 0.05) is 5.56 Å². The van der Waals surface area contributed by atoms with Gasteiger partial charge in [-0.05, 0) is 18.4 Å². The van der Waals surface area contributed by atoms with Crippen LogP contribution in [0.4, 0.5) is 4.79 Å². The van der Waals surface area contributed by atoms with Crippen molar-refractivity contribution in [3.05, 3.63) is 71.8 Å². The molecule has 0 spiro atoms. The highest BCUT2D eigenvalue weighted by Gasteiger charge is 2.14. The van der Waals surface area contributed by atoms with Crippen molar-refractivity contribution < 1.29 is 19.1 Å². The molecule has 2 aromatic carbocycles. The maximum Gasteiger partial charge on any atom is 0.252 e. The van der Waals surface area contributed by atoms with Crippen molar-refractivity contribution in [1.82, 2.24) is 0 Å². The number of carbonyl (C=O) groups is 1. The van der Waals surface area contributed by atoms with Crippen LogP contribution >= 0.6 is 0 Å². The van der Waals surface area contributed by atoms with Crippen molar-refractivity contribution in [3.63, 3.8) is 0 Å². The third-order valence-corrected chi connectivity index (χ3v) is 6.77. The molecule has 0 saturated heterocycles. The van der Waals surface area contributed by atoms with E-state index in [1.807, 2.05) is 18.2 Å². The Morgan fingerprint density at radius 3 is 1.49 bits per heavy atom. The number of quaternary nitrogens is 1. The number of unbranched alkanes of at least 4 members (excludes halogenated alkanes) is 13. The summed E-state index contributed by atoms with van der Waals surface area (Å²) in [7, 11) is 4.74. The van der Waals surface area contributed by atoms with E-state index in [1.165, 1.54) is 102 Å². The van der Waals surface area contributed by atoms with Gasteiger partial charge in [0.05, 0.1) is 27.2 Å². The molecule has 208 valence electrons. The second-order valence-corrected chi connectivity index (χ2v) is 10.9. The lowest BCUT2D eigenvalue weighted by Crippen LogP contribution is -2.39. The minimum Gasteiger partial charge on any atom is -0.545 e. The van der Waals surface area contributed by atoms with Crippen molar-refractivity contribution in [3.8, 4) is 0 Å². The molecule has 4 heteroatoms. The van der Waals surface area contributed by atoms with Gasteiger partial charge in [-0.15, -0.1) is 0 Å². The van der Waals surface area contributed by atoms with Gasteiger partial charge in [0.15, 0.2) is 0 Å². The SMILES string of the molecule is CCCCCCCCCCCCCCCC[N+](C)(C)Cc1ccccc1.O=C([O-])OCc1ccccc1. The maximum absolute atomic E-state index is 9.84. The van der Waals surface area contributed by atoms with Gasteiger partial charge in [-0.2, -0.15) is 0 Å². The minimum atomic E-state index is -1.49. The Hall–Kier alpha value is -2.33. The highest BCUT2D eigenvalue weighted by molar-refractivity contribution is 5.54. The van der Waals surface area contributed by atoms with Crippen LogP contribution in [-0.2, 0) is 17.9 Å². The molecular formula is C33H53NO3. The molecule has 0 atom stereocenters. The second-order valence-electron chi connectivity index (χ2n) is 10.9. The van der Waals surface area contributed by atoms with Crippen LogP contribution in [0.3, 0.4) is 0 Å². The molecule has 0 radical (unpaired) electrons. The van der Waals surface area contributed by atoms with Gasteiger partial charge in [0.1, 0.15) is 6.54 Å². The van der Waals surface area contributed by atoms with Crippen molar-refractivity contribution in [2.24, 2.45) is 0 Å². The predicted molar refractivity (Wildman–Crippen MR) is 154 cm³/mol. The fourth-order valence-corrected chi connectivity index (χ4v) is 4.61. The standard InChI is InChI=1S/C25H46N.C8H8O3/c1-4-5-6-7-8-9-10-11-12-13-14-15-16-20-23-26(2,3)24-25-21-18-17-19-22-25;9-8(10)11-6-7-4-2-1-3-5-7/h17-19,21-22H,4-16,20,23-24H2,1-3H3;1-5H,6H2,(H,9,10)/q+1;/p-1. The minimum absolute atomic E-state index is 0.0587. The van der Waals surface area contributed by atoms with E-state index >= 15 is 0 Å². The highest BCUT2D eigenvalue weighted by atomic mass is 16.7. The van der Waals surface area contributed by atoms with E-state index in [-0.39, 0.29) is 6.61 Å². The molecule has 0 bridgehead atoms. The zero-order valence-electron chi connectivity index (χ0n) is 24.0. The van der Waals surface area contributed by atoms with Crippen LogP contribution in [0, 0.1) is 0 Å². The number of carboxylic acid groups (broad SMARTS) is 1. The summed E-state index contributed by atoms with van der Waals surface area (Å²) < 4.78 is 5.35. The summed E-state index contributed by atoms with van der Waals surface area (Å²) in [6.07, 6.45) is 18.7. The van der Waals surface area contributed by atoms with Gasteiger partial charge < -0.3 is 19.1 Å². The van der Waals surface area contributed by atoms with Crippen molar-refractivity contribution in [2.75, 3.05) is 20.6 Å². The van der Waals surface area contributed by atoms with E-state index in [4.69, 9.17) is 0 Å². The van der Waals surface area contributed by atoms with E-state index in [9.17, 15) is 9.90 Å². The lowest BCUT2D eigenvalue weighted by molar-refractivity contribution is -0.903. The quantitative estimate of drug-likeness (QED) is 0.108. The molecule has 37 heavy (non-hydrogen) atoms. The molecular weight excluding hydrogens is 458 g/mol. The maximum atomic E-state index is 9.84. The fourth-order valence-electron chi connectivity index (χ4n) is 4.61. The lowest BCUT2D eigenvalue weighted by atomic mass is 10.0. The Morgan fingerprint density at radius 1 is 0.649 bits per heavy atom. The van der Waals surface area contributed by atoms with E-state index in [1.54, 1.807) is 12.1 Å². The summed E-state index contributed by atoms with van der Waals surface area (Å²) in [5.74, 6) is 0. The number of hydrogen-bond acceptors (Lipinski definition) is 3. The topological polar surface area (TPSA) is 49.4 Å². The number of rotatable bonds is 19. The molecule has 0 unspecified atom stereocenters. The summed E-state index contributed by atoms with van der Waals surface area (Å²) in [5.41, 5.74) is 2.28. The van der Waals surface area contributed by atoms with Gasteiger partial charge in [0.2, 0.25) is 0 Å². The molecule has 2 aromatic rings. The summed E-state index contributed by atoms with van der Waals surface area (Å²) in [4.78, 5) is 9.84. The van der Waals surface area contributed by atoms with Gasteiger partial charge in [-0.3, -0.25) is 0 Å². The molecule has 4 nitrogen and oxygen atoms in total. The van der Waals surface area contributed by atoms with Crippen LogP contribution in [-0.4, -0.2) is 31.3 Å². The van der Waals surface area contributed by atoms with E-state index in [0.29, 0.717) is 0 Å². The largest absolute Gasteiger partial charge is 0.545 e. The van der Waals surface area contributed by atoms with Gasteiger partial charge >= 0.3 is 0 Å². The molecule has 0 saturated carbocycles. The van der Waals surface area contributed by atoms with Crippen LogP contribution in [0.25, 0.3) is 0 Å². The predicted octanol–water partition coefficient (Wildman–Crippen LogP) is 8.29.